The minimum absolute atomic E-state index is 0.0168. The maximum Gasteiger partial charge on any atom is 0.307 e. The summed E-state index contributed by atoms with van der Waals surface area (Å²) < 4.78 is 13.8. The fourth-order valence-corrected chi connectivity index (χ4v) is 7.23. The van der Waals surface area contributed by atoms with Crippen LogP contribution in [0.5, 0.6) is 5.75 Å². The second kappa shape index (κ2) is 16.3. The monoisotopic (exact) mass is 697 g/mol. The molecule has 0 unspecified atom stereocenters. The topological polar surface area (TPSA) is 94.5 Å². The van der Waals surface area contributed by atoms with E-state index in [1.54, 1.807) is 32.7 Å². The van der Waals surface area contributed by atoms with E-state index in [4.69, 9.17) is 14.6 Å². The second-order valence-corrected chi connectivity index (χ2v) is 14.8. The molecule has 0 spiro atoms. The number of carbonyl (C=O) groups is 1. The Morgan fingerprint density at radius 1 is 0.940 bits per heavy atom. The van der Waals surface area contributed by atoms with Crippen molar-refractivity contribution in [2.75, 3.05) is 55.3 Å². The molecule has 9 heteroatoms. The summed E-state index contributed by atoms with van der Waals surface area (Å²) in [5, 5.41) is 22.0. The third-order valence-corrected chi connectivity index (χ3v) is 9.58. The molecule has 0 radical (unpaired) electrons. The van der Waals surface area contributed by atoms with Gasteiger partial charge in [-0.25, -0.2) is 0 Å². The summed E-state index contributed by atoms with van der Waals surface area (Å²) >= 11 is 1.67. The maximum absolute atomic E-state index is 12.1. The molecule has 3 N–H and O–H groups in total. The molecule has 0 aliphatic carbocycles. The van der Waals surface area contributed by atoms with Crippen LogP contribution in [-0.4, -0.2) is 72.4 Å². The van der Waals surface area contributed by atoms with Crippen molar-refractivity contribution >= 4 is 35.0 Å². The third kappa shape index (κ3) is 9.40. The van der Waals surface area contributed by atoms with Gasteiger partial charge in [-0.1, -0.05) is 53.9 Å². The van der Waals surface area contributed by atoms with E-state index in [1.807, 2.05) is 18.2 Å². The van der Waals surface area contributed by atoms with Gasteiger partial charge in [-0.3, -0.25) is 9.69 Å². The van der Waals surface area contributed by atoms with E-state index in [0.717, 1.165) is 90.0 Å². The summed E-state index contributed by atoms with van der Waals surface area (Å²) in [5.74, 6) is 0.0283. The molecule has 2 aliphatic rings. The molecule has 2 aliphatic heterocycles. The Morgan fingerprint density at radius 2 is 1.62 bits per heavy atom. The number of aliphatic carboxylic acids is 1. The van der Waals surface area contributed by atoms with Crippen LogP contribution in [0.1, 0.15) is 48.6 Å². The maximum atomic E-state index is 12.1. The highest BCUT2D eigenvalue weighted by molar-refractivity contribution is 7.99. The number of nitrogens with one attached hydrogen (secondary N) is 1. The van der Waals surface area contributed by atoms with Crippen LogP contribution in [0.3, 0.4) is 0 Å². The molecule has 0 amide bonds. The lowest BCUT2D eigenvalue weighted by Crippen LogP contribution is -2.38. The Bertz CT molecular complexity index is 1790. The van der Waals surface area contributed by atoms with Crippen LogP contribution in [0.2, 0.25) is 0 Å². The number of carboxylic acid groups (broad SMARTS) is 1. The molecular weight excluding hydrogens is 647 g/mol. The van der Waals surface area contributed by atoms with Gasteiger partial charge in [-0.2, -0.15) is 0 Å². The van der Waals surface area contributed by atoms with Gasteiger partial charge in [0.05, 0.1) is 37.5 Å². The van der Waals surface area contributed by atoms with Gasteiger partial charge in [0.1, 0.15) is 12.4 Å². The number of hydrogen-bond donors (Lipinski definition) is 3. The van der Waals surface area contributed by atoms with Gasteiger partial charge in [-0.15, -0.1) is 0 Å². The molecule has 266 valence electrons. The van der Waals surface area contributed by atoms with Crippen LogP contribution >= 0.6 is 11.9 Å². The van der Waals surface area contributed by atoms with Crippen LogP contribution in [0.25, 0.3) is 22.3 Å². The van der Waals surface area contributed by atoms with E-state index < -0.39 is 11.6 Å². The smallest absolute Gasteiger partial charge is 0.307 e. The first-order valence-electron chi connectivity index (χ1n) is 17.2. The Kier molecular flexibility index (Phi) is 12.2. The third-order valence-electron chi connectivity index (χ3n) is 8.83. The number of rotatable bonds is 10. The molecular formula is C41H51N3O5S. The first-order chi connectivity index (χ1) is 23.8. The van der Waals surface area contributed by atoms with Crippen LogP contribution < -0.4 is 14.4 Å². The zero-order valence-electron chi connectivity index (χ0n) is 30.4. The first-order valence-corrected chi connectivity index (χ1v) is 18.4. The second-order valence-electron chi connectivity index (χ2n) is 14.0. The average Bonchev–Trinajstić information content (AvgIpc) is 3.06. The number of carboxylic acids is 1. The number of hydrogen-bond acceptors (Lipinski definition) is 8. The van der Waals surface area contributed by atoms with Gasteiger partial charge in [-0.05, 0) is 105 Å². The highest BCUT2D eigenvalue weighted by Gasteiger charge is 2.30. The predicted octanol–water partition coefficient (Wildman–Crippen LogP) is 8.40. The lowest BCUT2D eigenvalue weighted by Gasteiger charge is -2.36. The fourth-order valence-electron chi connectivity index (χ4n) is 6.55. The molecule has 50 heavy (non-hydrogen) atoms. The van der Waals surface area contributed by atoms with Crippen molar-refractivity contribution in [3.05, 3.63) is 94.5 Å². The lowest BCUT2D eigenvalue weighted by molar-refractivity contribution is -0.136. The molecule has 6 rings (SSSR count). The largest absolute Gasteiger partial charge is 0.492 e. The summed E-state index contributed by atoms with van der Waals surface area (Å²) in [5.41, 5.74) is 12.5. The van der Waals surface area contributed by atoms with Crippen LogP contribution in [-0.2, 0) is 22.5 Å². The highest BCUT2D eigenvalue weighted by Crippen LogP contribution is 2.50. The van der Waals surface area contributed by atoms with Crippen LogP contribution in [0.15, 0.2) is 66.7 Å². The molecule has 0 saturated carbocycles. The normalized spacial score (nSPS) is 14.3. The van der Waals surface area contributed by atoms with E-state index in [0.29, 0.717) is 6.61 Å². The summed E-state index contributed by atoms with van der Waals surface area (Å²) in [6, 6.07) is 23.1. The van der Waals surface area contributed by atoms with Crippen molar-refractivity contribution in [2.24, 2.45) is 0 Å². The average molecular weight is 698 g/mol. The zero-order valence-corrected chi connectivity index (χ0v) is 31.2. The van der Waals surface area contributed by atoms with Gasteiger partial charge in [0, 0.05) is 48.9 Å². The van der Waals surface area contributed by atoms with E-state index in [9.17, 15) is 9.90 Å². The molecule has 0 bridgehead atoms. The summed E-state index contributed by atoms with van der Waals surface area (Å²) in [6.45, 7) is 17.3. The number of benzene rings is 4. The molecule has 4 aromatic carbocycles. The minimum atomic E-state index is -0.819. The molecule has 1 fully saturated rings. The van der Waals surface area contributed by atoms with Crippen molar-refractivity contribution in [1.29, 1.82) is 0 Å². The quantitative estimate of drug-likeness (QED) is 0.141. The van der Waals surface area contributed by atoms with E-state index >= 15 is 0 Å². The molecule has 4 aromatic rings. The van der Waals surface area contributed by atoms with Crippen molar-refractivity contribution in [3.63, 3.8) is 0 Å². The van der Waals surface area contributed by atoms with Crippen LogP contribution in [0, 0.1) is 20.8 Å². The van der Waals surface area contributed by atoms with Gasteiger partial charge < -0.3 is 29.3 Å². The SMILES string of the molecule is CC(C)(C)O.CSN1Cc2cc(Nc3cccc(OCCN4CCOCC4)c3)ccc2-c2c(C)c(-c3ccc(C)cc3)c(CC(=O)O)c(C)c21. The Morgan fingerprint density at radius 3 is 2.28 bits per heavy atom. The molecule has 2 heterocycles. The fraction of sp³-hybridized carbons (Fsp3) is 0.390. The van der Waals surface area contributed by atoms with Crippen molar-refractivity contribution < 1.29 is 24.5 Å². The molecule has 0 aromatic heterocycles. The van der Waals surface area contributed by atoms with Crippen molar-refractivity contribution in [2.45, 2.75) is 60.1 Å². The Balaban J connectivity index is 0.000000908. The standard InChI is InChI=1S/C37H41N3O4S.C4H10O/c1-24-8-10-27(11-9-24)35-26(3)36-32-13-12-30(20-28(32)23-40(45-4)37(36)25(2)33(35)22-34(41)42)38-29-6-5-7-31(21-29)44-19-16-39-14-17-43-18-15-39;1-4(2,3)5/h5-13,20-21,38H,14-19,22-23H2,1-4H3,(H,41,42);5H,1-3H3. The van der Waals surface area contributed by atoms with Gasteiger partial charge >= 0.3 is 5.97 Å². The first kappa shape index (κ1) is 37.2. The van der Waals surface area contributed by atoms with Gasteiger partial charge in [0.15, 0.2) is 0 Å². The Labute approximate surface area is 301 Å². The van der Waals surface area contributed by atoms with Crippen molar-refractivity contribution in [1.82, 2.24) is 4.90 Å². The minimum Gasteiger partial charge on any atom is -0.492 e. The summed E-state index contributed by atoms with van der Waals surface area (Å²) in [7, 11) is 0. The van der Waals surface area contributed by atoms with E-state index in [2.05, 4.69) is 90.1 Å². The van der Waals surface area contributed by atoms with Gasteiger partial charge in [0.2, 0.25) is 0 Å². The number of fused-ring (bicyclic) bond motifs is 3. The number of aliphatic hydroxyl groups is 1. The number of nitrogens with zero attached hydrogens (tertiary/aromatic N) is 2. The molecule has 8 nitrogen and oxygen atoms in total. The number of anilines is 3. The lowest BCUT2D eigenvalue weighted by atomic mass is 9.81. The summed E-state index contributed by atoms with van der Waals surface area (Å²) in [6.07, 6.45) is 2.07. The predicted molar refractivity (Wildman–Crippen MR) is 207 cm³/mol. The number of aryl methyl sites for hydroxylation is 1. The number of ether oxygens (including phenoxy) is 2. The van der Waals surface area contributed by atoms with E-state index in [1.165, 1.54) is 22.3 Å². The van der Waals surface area contributed by atoms with Crippen molar-refractivity contribution in [3.8, 4) is 28.0 Å². The van der Waals surface area contributed by atoms with E-state index in [-0.39, 0.29) is 6.42 Å². The molecule has 0 atom stereocenters. The van der Waals surface area contributed by atoms with Gasteiger partial charge in [0.25, 0.3) is 0 Å². The molecule has 1 saturated heterocycles. The van der Waals surface area contributed by atoms with Crippen LogP contribution in [0.4, 0.5) is 17.1 Å². The highest BCUT2D eigenvalue weighted by atomic mass is 32.2. The zero-order chi connectivity index (χ0) is 36.0. The Hall–Kier alpha value is -4.02. The summed E-state index contributed by atoms with van der Waals surface area (Å²) in [4.78, 5) is 14.4. The number of morpholine rings is 1.